The van der Waals surface area contributed by atoms with Crippen molar-refractivity contribution < 1.29 is 27.5 Å². The van der Waals surface area contributed by atoms with Crippen molar-refractivity contribution in [3.8, 4) is 0 Å². The Morgan fingerprint density at radius 2 is 1.78 bits per heavy atom. The van der Waals surface area contributed by atoms with Crippen molar-refractivity contribution in [2.45, 2.75) is 63.6 Å². The first-order chi connectivity index (χ1) is 17.0. The van der Waals surface area contributed by atoms with Crippen molar-refractivity contribution in [3.63, 3.8) is 0 Å². The lowest BCUT2D eigenvalue weighted by atomic mass is 9.83. The van der Waals surface area contributed by atoms with E-state index in [1.807, 2.05) is 0 Å². The number of carbonyl (C=O) groups is 3. The van der Waals surface area contributed by atoms with Crippen molar-refractivity contribution in [1.82, 2.24) is 14.5 Å². The van der Waals surface area contributed by atoms with Gasteiger partial charge in [0.1, 0.15) is 12.1 Å². The number of amides is 2. The van der Waals surface area contributed by atoms with Gasteiger partial charge in [0.25, 0.3) is 5.91 Å². The third kappa shape index (κ3) is 6.82. The summed E-state index contributed by atoms with van der Waals surface area (Å²) in [5.74, 6) is -1.98. The van der Waals surface area contributed by atoms with Crippen LogP contribution in [0.3, 0.4) is 0 Å². The zero-order valence-corrected chi connectivity index (χ0v) is 21.6. The van der Waals surface area contributed by atoms with Crippen LogP contribution in [0.1, 0.15) is 60.9 Å². The monoisotopic (exact) mass is 521 g/mol. The largest absolute Gasteiger partial charge is 0.465 e. The molecule has 2 atom stereocenters. The van der Waals surface area contributed by atoms with Gasteiger partial charge in [-0.2, -0.15) is 0 Å². The van der Waals surface area contributed by atoms with Gasteiger partial charge in [-0.3, -0.25) is 19.9 Å². The normalized spacial score (nSPS) is 19.5. The number of hydrogen-bond donors (Lipinski definition) is 3. The van der Waals surface area contributed by atoms with Crippen molar-refractivity contribution in [1.29, 1.82) is 5.41 Å². The molecule has 1 aliphatic heterocycles. The average molecular weight is 522 g/mol. The number of nitrogens with two attached hydrogens (primary N) is 1. The minimum absolute atomic E-state index is 0.0121. The number of sulfonamides is 1. The quantitative estimate of drug-likeness (QED) is 0.263. The third-order valence-electron chi connectivity index (χ3n) is 6.82. The minimum Gasteiger partial charge on any atom is -0.465 e. The molecule has 1 saturated carbocycles. The Morgan fingerprint density at radius 1 is 1.14 bits per heavy atom. The smallest absolute Gasteiger partial charge is 0.337 e. The second-order valence-corrected chi connectivity index (χ2v) is 11.2. The summed E-state index contributed by atoms with van der Waals surface area (Å²) in [5.41, 5.74) is 6.74. The fourth-order valence-corrected chi connectivity index (χ4v) is 5.78. The Bertz CT molecular complexity index is 1080. The number of carbonyl (C=O) groups excluding carboxylic acids is 3. The highest BCUT2D eigenvalue weighted by Crippen LogP contribution is 2.30. The molecular formula is C24H35N5O6S. The number of nitrogens with zero attached hydrogens (tertiary/aromatic N) is 2. The molecule has 0 bridgehead atoms. The molecule has 0 radical (unpaired) electrons. The maximum absolute atomic E-state index is 13.6. The third-order valence-corrected chi connectivity index (χ3v) is 7.50. The molecule has 36 heavy (non-hydrogen) atoms. The zero-order chi connectivity index (χ0) is 26.5. The molecule has 198 valence electrons. The van der Waals surface area contributed by atoms with Gasteiger partial charge < -0.3 is 15.4 Å². The van der Waals surface area contributed by atoms with Crippen LogP contribution in [0.25, 0.3) is 0 Å². The molecule has 1 aromatic carbocycles. The summed E-state index contributed by atoms with van der Waals surface area (Å²) in [6, 6.07) is 4.63. The second-order valence-electron chi connectivity index (χ2n) is 9.45. The first kappa shape index (κ1) is 27.6. The number of methoxy groups -OCH3 is 1. The molecule has 1 saturated heterocycles. The lowest BCUT2D eigenvalue weighted by Crippen LogP contribution is -2.57. The molecule has 12 heteroatoms. The van der Waals surface area contributed by atoms with Gasteiger partial charge in [0, 0.05) is 6.54 Å². The molecule has 3 rings (SSSR count). The molecule has 1 heterocycles. The number of nitrogens with one attached hydrogen (secondary N) is 2. The van der Waals surface area contributed by atoms with Gasteiger partial charge in [0.05, 0.1) is 25.5 Å². The molecule has 4 N–H and O–H groups in total. The van der Waals surface area contributed by atoms with Crippen LogP contribution in [0.5, 0.6) is 0 Å². The Hall–Kier alpha value is -2.99. The summed E-state index contributed by atoms with van der Waals surface area (Å²) in [5, 5.41) is 7.99. The lowest BCUT2D eigenvalue weighted by Gasteiger charge is -2.35. The maximum Gasteiger partial charge on any atom is 0.337 e. The van der Waals surface area contributed by atoms with E-state index in [1.54, 1.807) is 24.3 Å². The predicted molar refractivity (Wildman–Crippen MR) is 133 cm³/mol. The Balaban J connectivity index is 1.79. The number of rotatable bonds is 8. The summed E-state index contributed by atoms with van der Waals surface area (Å²) in [6.45, 7) is 0.311. The number of benzene rings is 1. The van der Waals surface area contributed by atoms with Crippen LogP contribution in [0.2, 0.25) is 0 Å². The van der Waals surface area contributed by atoms with E-state index < -0.39 is 45.9 Å². The number of guanidine groups is 1. The summed E-state index contributed by atoms with van der Waals surface area (Å²) >= 11 is 0. The number of hydrogen-bond acceptors (Lipinski definition) is 7. The van der Waals surface area contributed by atoms with Crippen molar-refractivity contribution >= 4 is 33.8 Å². The van der Waals surface area contributed by atoms with E-state index in [0.29, 0.717) is 30.5 Å². The van der Waals surface area contributed by atoms with E-state index in [4.69, 9.17) is 15.9 Å². The number of likely N-dealkylation sites (tertiary alicyclic amines) is 1. The summed E-state index contributed by atoms with van der Waals surface area (Å²) in [6.07, 6.45) is 6.40. The van der Waals surface area contributed by atoms with Crippen LogP contribution >= 0.6 is 0 Å². The molecule has 2 unspecified atom stereocenters. The molecule has 1 aliphatic carbocycles. The van der Waals surface area contributed by atoms with E-state index in [9.17, 15) is 22.8 Å². The fraction of sp³-hybridized carbons (Fsp3) is 0.583. The van der Waals surface area contributed by atoms with E-state index >= 15 is 0 Å². The van der Waals surface area contributed by atoms with Crippen LogP contribution < -0.4 is 10.5 Å². The van der Waals surface area contributed by atoms with Gasteiger partial charge in [-0.25, -0.2) is 17.9 Å². The summed E-state index contributed by atoms with van der Waals surface area (Å²) < 4.78 is 31.4. The summed E-state index contributed by atoms with van der Waals surface area (Å²) in [7, 11) is -2.36. The topological polar surface area (TPSA) is 163 Å². The average Bonchev–Trinajstić information content (AvgIpc) is 3.35. The Labute approximate surface area is 211 Å². The lowest BCUT2D eigenvalue weighted by molar-refractivity contribution is -0.143. The van der Waals surface area contributed by atoms with Gasteiger partial charge in [0.15, 0.2) is 5.96 Å². The van der Waals surface area contributed by atoms with Crippen molar-refractivity contribution in [2.24, 2.45) is 11.7 Å². The molecule has 2 fully saturated rings. The zero-order valence-electron chi connectivity index (χ0n) is 20.7. The Morgan fingerprint density at radius 3 is 2.33 bits per heavy atom. The highest BCUT2D eigenvalue weighted by Gasteiger charge is 2.42. The van der Waals surface area contributed by atoms with Crippen LogP contribution in [0, 0.1) is 11.3 Å². The molecule has 0 spiro atoms. The highest BCUT2D eigenvalue weighted by molar-refractivity contribution is 7.88. The van der Waals surface area contributed by atoms with Crippen LogP contribution in [-0.4, -0.2) is 74.0 Å². The SMILES string of the molecule is COC(=O)c1ccc(CN(C(=N)N)C(=O)C2CCCN2C(=O)C(NS(C)(=O)=O)C2CCCCC2)cc1. The van der Waals surface area contributed by atoms with Gasteiger partial charge in [-0.05, 0) is 49.3 Å². The van der Waals surface area contributed by atoms with Crippen molar-refractivity contribution in [2.75, 3.05) is 19.9 Å². The molecule has 2 aliphatic rings. The van der Waals surface area contributed by atoms with Crippen LogP contribution in [-0.2, 0) is 30.9 Å². The van der Waals surface area contributed by atoms with Gasteiger partial charge >= 0.3 is 5.97 Å². The standard InChI is InChI=1S/C24H35N5O6S/c1-35-23(32)18-12-10-16(11-13-18)15-29(24(25)26)21(30)19-9-6-14-28(19)22(31)20(27-36(2,33)34)17-7-4-3-5-8-17/h10-13,17,19-20,27H,3-9,14-15H2,1-2H3,(H3,25,26). The van der Waals surface area contributed by atoms with Crippen molar-refractivity contribution in [3.05, 3.63) is 35.4 Å². The minimum atomic E-state index is -3.65. The van der Waals surface area contributed by atoms with E-state index in [1.165, 1.54) is 12.0 Å². The van der Waals surface area contributed by atoms with Crippen LogP contribution in [0.4, 0.5) is 0 Å². The number of ether oxygens (including phenoxy) is 1. The van der Waals surface area contributed by atoms with Crippen LogP contribution in [0.15, 0.2) is 24.3 Å². The second kappa shape index (κ2) is 11.8. The molecular weight excluding hydrogens is 486 g/mol. The van der Waals surface area contributed by atoms with E-state index in [0.717, 1.165) is 43.3 Å². The summed E-state index contributed by atoms with van der Waals surface area (Å²) in [4.78, 5) is 41.3. The van der Waals surface area contributed by atoms with Gasteiger partial charge in [-0.15, -0.1) is 0 Å². The molecule has 2 amide bonds. The fourth-order valence-electron chi connectivity index (χ4n) is 5.02. The van der Waals surface area contributed by atoms with Gasteiger partial charge in [0.2, 0.25) is 15.9 Å². The maximum atomic E-state index is 13.6. The first-order valence-corrected chi connectivity index (χ1v) is 14.0. The number of esters is 1. The molecule has 0 aromatic heterocycles. The Kier molecular flexibility index (Phi) is 9.07. The highest BCUT2D eigenvalue weighted by atomic mass is 32.2. The first-order valence-electron chi connectivity index (χ1n) is 12.1. The van der Waals surface area contributed by atoms with Gasteiger partial charge in [-0.1, -0.05) is 31.4 Å². The predicted octanol–water partition coefficient (Wildman–Crippen LogP) is 1.18. The van der Waals surface area contributed by atoms with E-state index in [-0.39, 0.29) is 12.5 Å². The van der Waals surface area contributed by atoms with E-state index in [2.05, 4.69) is 4.72 Å². The molecule has 1 aromatic rings. The molecule has 11 nitrogen and oxygen atoms in total.